The van der Waals surface area contributed by atoms with Gasteiger partial charge in [0.2, 0.25) is 5.91 Å². The Labute approximate surface area is 175 Å². The molecule has 0 aliphatic heterocycles. The van der Waals surface area contributed by atoms with Crippen molar-refractivity contribution in [3.63, 3.8) is 0 Å². The van der Waals surface area contributed by atoms with Gasteiger partial charge in [-0.05, 0) is 69.5 Å². The van der Waals surface area contributed by atoms with E-state index in [0.717, 1.165) is 38.0 Å². The Morgan fingerprint density at radius 3 is 2.31 bits per heavy atom. The molecule has 1 aromatic carbocycles. The van der Waals surface area contributed by atoms with E-state index >= 15 is 0 Å². The Morgan fingerprint density at radius 2 is 1.69 bits per heavy atom. The minimum Gasteiger partial charge on any atom is -0.349 e. The van der Waals surface area contributed by atoms with Crippen molar-refractivity contribution in [2.24, 2.45) is 5.92 Å². The van der Waals surface area contributed by atoms with Crippen LogP contribution in [0.2, 0.25) is 0 Å². The zero-order chi connectivity index (χ0) is 20.6. The van der Waals surface area contributed by atoms with Gasteiger partial charge in [-0.25, -0.2) is 0 Å². The summed E-state index contributed by atoms with van der Waals surface area (Å²) in [7, 11) is 4.08. The number of rotatable bonds is 9. The third kappa shape index (κ3) is 7.32. The predicted molar refractivity (Wildman–Crippen MR) is 118 cm³/mol. The van der Waals surface area contributed by atoms with E-state index in [1.807, 2.05) is 49.3 Å². The minimum absolute atomic E-state index is 0.0125. The molecule has 3 rings (SSSR count). The molecule has 0 aromatic heterocycles. The molecule has 0 saturated heterocycles. The highest BCUT2D eigenvalue weighted by Crippen LogP contribution is 2.24. The zero-order valence-electron chi connectivity index (χ0n) is 17.9. The van der Waals surface area contributed by atoms with Gasteiger partial charge >= 0.3 is 0 Å². The van der Waals surface area contributed by atoms with Crippen molar-refractivity contribution in [2.75, 3.05) is 33.7 Å². The molecule has 0 radical (unpaired) electrons. The molecule has 29 heavy (non-hydrogen) atoms. The molecule has 1 N–H and O–H groups in total. The molecule has 5 nitrogen and oxygen atoms in total. The van der Waals surface area contributed by atoms with E-state index in [4.69, 9.17) is 0 Å². The molecule has 0 heterocycles. The summed E-state index contributed by atoms with van der Waals surface area (Å²) in [5.74, 6) is 0.696. The molecule has 0 atom stereocenters. The van der Waals surface area contributed by atoms with Crippen molar-refractivity contribution in [3.05, 3.63) is 41.5 Å². The van der Waals surface area contributed by atoms with Gasteiger partial charge in [-0.15, -0.1) is 0 Å². The van der Waals surface area contributed by atoms with Crippen LogP contribution in [0.1, 0.15) is 60.9 Å². The summed E-state index contributed by atoms with van der Waals surface area (Å²) in [6.45, 7) is 2.49. The second kappa shape index (κ2) is 10.6. The predicted octanol–water partition coefficient (Wildman–Crippen LogP) is 3.56. The second-order valence-electron chi connectivity index (χ2n) is 8.79. The van der Waals surface area contributed by atoms with Crippen LogP contribution in [0.5, 0.6) is 0 Å². The largest absolute Gasteiger partial charge is 0.349 e. The molecule has 2 fully saturated rings. The summed E-state index contributed by atoms with van der Waals surface area (Å²) in [5.41, 5.74) is 1.61. The van der Waals surface area contributed by atoms with E-state index in [9.17, 15) is 9.59 Å². The highest BCUT2D eigenvalue weighted by Gasteiger charge is 2.23. The number of likely N-dealkylation sites (N-methyl/N-ethyl adjacent to an activating group) is 1. The minimum atomic E-state index is -0.0125. The average molecular weight is 398 g/mol. The molecule has 0 unspecified atom stereocenters. The Morgan fingerprint density at radius 1 is 1.00 bits per heavy atom. The van der Waals surface area contributed by atoms with E-state index in [-0.39, 0.29) is 11.8 Å². The van der Waals surface area contributed by atoms with Crippen LogP contribution < -0.4 is 5.32 Å². The third-order valence-corrected chi connectivity index (χ3v) is 5.84. The van der Waals surface area contributed by atoms with Crippen LogP contribution >= 0.6 is 0 Å². The van der Waals surface area contributed by atoms with Crippen LogP contribution in [0.25, 0.3) is 6.08 Å². The lowest BCUT2D eigenvalue weighted by Gasteiger charge is -2.30. The van der Waals surface area contributed by atoms with Crippen LogP contribution in [-0.2, 0) is 4.79 Å². The fraction of sp³-hybridized carbons (Fsp3) is 0.583. The standard InChI is InChI=1S/C24H35N3O2/c1-26(2)16-17-27(18-20-6-4-3-5-7-20)23(28)15-10-19-8-11-21(12-9-19)24(29)25-22-13-14-22/h8-12,15,20,22H,3-7,13-14,16-18H2,1-2H3,(H,25,29). The first-order valence-electron chi connectivity index (χ1n) is 11.0. The number of carbonyl (C=O) groups is 2. The van der Waals surface area contributed by atoms with Gasteiger partial charge in [-0.2, -0.15) is 0 Å². The van der Waals surface area contributed by atoms with Crippen molar-refractivity contribution < 1.29 is 9.59 Å². The van der Waals surface area contributed by atoms with Gasteiger partial charge in [0.1, 0.15) is 0 Å². The summed E-state index contributed by atoms with van der Waals surface area (Å²) < 4.78 is 0. The summed E-state index contributed by atoms with van der Waals surface area (Å²) in [5, 5.41) is 2.99. The molecule has 1 aromatic rings. The summed E-state index contributed by atoms with van der Waals surface area (Å²) in [6.07, 6.45) is 12.1. The number of hydrogen-bond donors (Lipinski definition) is 1. The monoisotopic (exact) mass is 397 g/mol. The second-order valence-corrected chi connectivity index (χ2v) is 8.79. The van der Waals surface area contributed by atoms with E-state index in [2.05, 4.69) is 10.2 Å². The summed E-state index contributed by atoms with van der Waals surface area (Å²) in [6, 6.07) is 7.81. The van der Waals surface area contributed by atoms with Gasteiger partial charge in [0.15, 0.2) is 0 Å². The lowest BCUT2D eigenvalue weighted by molar-refractivity contribution is -0.126. The molecule has 2 amide bonds. The van der Waals surface area contributed by atoms with Crippen molar-refractivity contribution >= 4 is 17.9 Å². The van der Waals surface area contributed by atoms with Crippen LogP contribution in [-0.4, -0.2) is 61.4 Å². The first-order valence-corrected chi connectivity index (χ1v) is 11.0. The van der Waals surface area contributed by atoms with E-state index < -0.39 is 0 Å². The van der Waals surface area contributed by atoms with E-state index in [0.29, 0.717) is 17.5 Å². The summed E-state index contributed by atoms with van der Waals surface area (Å²) in [4.78, 5) is 29.1. The van der Waals surface area contributed by atoms with E-state index in [1.165, 1.54) is 32.1 Å². The lowest BCUT2D eigenvalue weighted by atomic mass is 9.89. The lowest BCUT2D eigenvalue weighted by Crippen LogP contribution is -2.39. The SMILES string of the molecule is CN(C)CCN(CC1CCCCC1)C(=O)C=Cc1ccc(C(=O)NC2CC2)cc1. The van der Waals surface area contributed by atoms with Gasteiger partial charge in [0.05, 0.1) is 0 Å². The number of nitrogens with zero attached hydrogens (tertiary/aromatic N) is 2. The molecule has 0 spiro atoms. The van der Waals surface area contributed by atoms with Crippen LogP contribution in [0.4, 0.5) is 0 Å². The van der Waals surface area contributed by atoms with Crippen molar-refractivity contribution in [2.45, 2.75) is 51.0 Å². The normalized spacial score (nSPS) is 17.6. The molecule has 0 bridgehead atoms. The molecule has 2 aliphatic carbocycles. The zero-order valence-corrected chi connectivity index (χ0v) is 17.9. The maximum Gasteiger partial charge on any atom is 0.251 e. The Bertz CT molecular complexity index is 701. The Hall–Kier alpha value is -2.14. The molecular formula is C24H35N3O2. The fourth-order valence-electron chi connectivity index (χ4n) is 3.81. The molecular weight excluding hydrogens is 362 g/mol. The van der Waals surface area contributed by atoms with Gasteiger partial charge in [0, 0.05) is 37.3 Å². The van der Waals surface area contributed by atoms with Gasteiger partial charge in [-0.1, -0.05) is 31.4 Å². The summed E-state index contributed by atoms with van der Waals surface area (Å²) >= 11 is 0. The third-order valence-electron chi connectivity index (χ3n) is 5.84. The van der Waals surface area contributed by atoms with E-state index in [1.54, 1.807) is 6.08 Å². The van der Waals surface area contributed by atoms with Crippen LogP contribution in [0.3, 0.4) is 0 Å². The first-order chi connectivity index (χ1) is 14.0. The smallest absolute Gasteiger partial charge is 0.251 e. The Balaban J connectivity index is 1.57. The number of nitrogens with one attached hydrogen (secondary N) is 1. The van der Waals surface area contributed by atoms with Crippen molar-refractivity contribution in [1.29, 1.82) is 0 Å². The van der Waals surface area contributed by atoms with Crippen molar-refractivity contribution in [3.8, 4) is 0 Å². The number of carbonyl (C=O) groups excluding carboxylic acids is 2. The first kappa shape index (κ1) is 21.6. The fourth-order valence-corrected chi connectivity index (χ4v) is 3.81. The quantitative estimate of drug-likeness (QED) is 0.648. The molecule has 5 heteroatoms. The number of amides is 2. The van der Waals surface area contributed by atoms with Crippen molar-refractivity contribution in [1.82, 2.24) is 15.1 Å². The molecule has 158 valence electrons. The Kier molecular flexibility index (Phi) is 7.87. The maximum atomic E-state index is 12.9. The number of benzene rings is 1. The maximum absolute atomic E-state index is 12.9. The van der Waals surface area contributed by atoms with Crippen LogP contribution in [0.15, 0.2) is 30.3 Å². The van der Waals surface area contributed by atoms with Gasteiger partial charge < -0.3 is 15.1 Å². The van der Waals surface area contributed by atoms with Gasteiger partial charge in [-0.3, -0.25) is 9.59 Å². The average Bonchev–Trinajstić information content (AvgIpc) is 3.54. The van der Waals surface area contributed by atoms with Gasteiger partial charge in [0.25, 0.3) is 5.91 Å². The molecule has 2 aliphatic rings. The highest BCUT2D eigenvalue weighted by atomic mass is 16.2. The van der Waals surface area contributed by atoms with Crippen LogP contribution in [0, 0.1) is 5.92 Å². The molecule has 2 saturated carbocycles. The highest BCUT2D eigenvalue weighted by molar-refractivity contribution is 5.95. The number of hydrogen-bond acceptors (Lipinski definition) is 3. The topological polar surface area (TPSA) is 52.7 Å².